The molecule has 0 saturated carbocycles. The predicted molar refractivity (Wildman–Crippen MR) is 160 cm³/mol. The fourth-order valence-electron chi connectivity index (χ4n) is 4.26. The summed E-state index contributed by atoms with van der Waals surface area (Å²) < 4.78 is 5.45. The third-order valence-electron chi connectivity index (χ3n) is 6.16. The molecule has 1 rings (SSSR count). The lowest BCUT2D eigenvalue weighted by atomic mass is 9.99. The maximum absolute atomic E-state index is 14.2. The molecule has 3 N–H and O–H groups in total. The van der Waals surface area contributed by atoms with Crippen molar-refractivity contribution in [3.63, 3.8) is 0 Å². The Morgan fingerprint density at radius 2 is 1.69 bits per heavy atom. The zero-order chi connectivity index (χ0) is 29.6. The van der Waals surface area contributed by atoms with Gasteiger partial charge in [-0.3, -0.25) is 9.59 Å². The molecular weight excluding hydrogens is 514 g/mol. The van der Waals surface area contributed by atoms with Crippen LogP contribution in [-0.2, 0) is 14.3 Å². The Bertz CT molecular complexity index is 916. The molecule has 2 atom stereocenters. The highest BCUT2D eigenvalue weighted by Gasteiger charge is 2.36. The Morgan fingerprint density at radius 1 is 1.05 bits per heavy atom. The number of benzene rings is 1. The molecule has 0 aliphatic rings. The van der Waals surface area contributed by atoms with Crippen LogP contribution in [0.4, 0.5) is 4.79 Å². The van der Waals surface area contributed by atoms with Crippen LogP contribution in [0.3, 0.4) is 0 Å². The number of alkyl carbamates (subject to hydrolysis) is 1. The lowest BCUT2D eigenvalue weighted by molar-refractivity contribution is -0.142. The zero-order valence-corrected chi connectivity index (χ0v) is 26.1. The van der Waals surface area contributed by atoms with Gasteiger partial charge >= 0.3 is 6.09 Å². The van der Waals surface area contributed by atoms with Gasteiger partial charge in [-0.2, -0.15) is 11.8 Å². The molecule has 3 amide bonds. The van der Waals surface area contributed by atoms with E-state index in [1.54, 1.807) is 62.6 Å². The van der Waals surface area contributed by atoms with Gasteiger partial charge in [-0.1, -0.05) is 45.1 Å². The summed E-state index contributed by atoms with van der Waals surface area (Å²) in [5.74, 6) is 0.159. The second kappa shape index (κ2) is 17.3. The molecule has 8 nitrogen and oxygen atoms in total. The molecule has 0 aliphatic heterocycles. The van der Waals surface area contributed by atoms with Crippen molar-refractivity contribution in [3.05, 3.63) is 29.3 Å². The third kappa shape index (κ3) is 13.0. The number of nitrogens with zero attached hydrogens (tertiary/aromatic N) is 1. The van der Waals surface area contributed by atoms with Crippen molar-refractivity contribution in [1.29, 1.82) is 0 Å². The van der Waals surface area contributed by atoms with Gasteiger partial charge < -0.3 is 25.4 Å². The van der Waals surface area contributed by atoms with E-state index in [-0.39, 0.29) is 23.6 Å². The number of rotatable bonds is 16. The monoisotopic (exact) mass is 565 g/mol. The SMILES string of the molecule is CCCCCCCCN(C(=O)C(CCSC)NC(=O)OC(C)(C)C)C(C(=O)NC(C)C)c1ccc(O)c(C)c1. The number of nitrogens with one attached hydrogen (secondary N) is 2. The minimum absolute atomic E-state index is 0.125. The lowest BCUT2D eigenvalue weighted by Gasteiger charge is -2.35. The van der Waals surface area contributed by atoms with Crippen LogP contribution in [-0.4, -0.2) is 64.2 Å². The van der Waals surface area contributed by atoms with Gasteiger partial charge in [0.1, 0.15) is 23.4 Å². The van der Waals surface area contributed by atoms with Crippen molar-refractivity contribution >= 4 is 29.7 Å². The van der Waals surface area contributed by atoms with Crippen LogP contribution in [0.5, 0.6) is 5.75 Å². The van der Waals surface area contributed by atoms with Gasteiger partial charge in [0, 0.05) is 12.6 Å². The first kappa shape index (κ1) is 34.6. The summed E-state index contributed by atoms with van der Waals surface area (Å²) >= 11 is 1.58. The van der Waals surface area contributed by atoms with Gasteiger partial charge in [0.2, 0.25) is 11.8 Å². The molecule has 9 heteroatoms. The van der Waals surface area contributed by atoms with Crippen molar-refractivity contribution in [2.45, 2.75) is 117 Å². The maximum atomic E-state index is 14.2. The second-order valence-corrected chi connectivity index (χ2v) is 12.4. The van der Waals surface area contributed by atoms with Crippen LogP contribution < -0.4 is 10.6 Å². The van der Waals surface area contributed by atoms with Crippen molar-refractivity contribution in [1.82, 2.24) is 15.5 Å². The van der Waals surface area contributed by atoms with Crippen LogP contribution >= 0.6 is 11.8 Å². The Labute approximate surface area is 240 Å². The summed E-state index contributed by atoms with van der Waals surface area (Å²) in [6.45, 7) is 13.4. The van der Waals surface area contributed by atoms with Crippen LogP contribution in [0.1, 0.15) is 104 Å². The van der Waals surface area contributed by atoms with E-state index < -0.39 is 23.8 Å². The summed E-state index contributed by atoms with van der Waals surface area (Å²) in [5.41, 5.74) is 0.523. The summed E-state index contributed by atoms with van der Waals surface area (Å²) in [7, 11) is 0. The topological polar surface area (TPSA) is 108 Å². The Balaban J connectivity index is 3.45. The fraction of sp³-hybridized carbons (Fsp3) is 0.700. The summed E-state index contributed by atoms with van der Waals surface area (Å²) in [5, 5.41) is 15.9. The number of hydrogen-bond acceptors (Lipinski definition) is 6. The van der Waals surface area contributed by atoms with E-state index in [1.807, 2.05) is 20.1 Å². The number of phenols is 1. The molecule has 0 saturated heterocycles. The molecule has 39 heavy (non-hydrogen) atoms. The molecule has 0 fully saturated rings. The number of aryl methyl sites for hydroxylation is 1. The highest BCUT2D eigenvalue weighted by Crippen LogP contribution is 2.28. The molecule has 1 aromatic rings. The van der Waals surface area contributed by atoms with Crippen LogP contribution in [0.2, 0.25) is 0 Å². The number of ether oxygens (including phenoxy) is 1. The van der Waals surface area contributed by atoms with Crippen LogP contribution in [0, 0.1) is 6.92 Å². The number of carbonyl (C=O) groups excluding carboxylic acids is 3. The van der Waals surface area contributed by atoms with E-state index >= 15 is 0 Å². The normalized spacial score (nSPS) is 13.1. The highest BCUT2D eigenvalue weighted by molar-refractivity contribution is 7.98. The fourth-order valence-corrected chi connectivity index (χ4v) is 4.73. The van der Waals surface area contributed by atoms with E-state index in [0.29, 0.717) is 29.8 Å². The van der Waals surface area contributed by atoms with E-state index in [2.05, 4.69) is 17.6 Å². The van der Waals surface area contributed by atoms with Crippen molar-refractivity contribution in [3.8, 4) is 5.75 Å². The minimum atomic E-state index is -0.910. The average molecular weight is 566 g/mol. The van der Waals surface area contributed by atoms with Crippen LogP contribution in [0.15, 0.2) is 18.2 Å². The highest BCUT2D eigenvalue weighted by atomic mass is 32.2. The van der Waals surface area contributed by atoms with Gasteiger partial charge in [-0.15, -0.1) is 0 Å². The number of aromatic hydroxyl groups is 1. The number of hydrogen-bond donors (Lipinski definition) is 3. The third-order valence-corrected chi connectivity index (χ3v) is 6.81. The molecule has 222 valence electrons. The van der Waals surface area contributed by atoms with Gasteiger partial charge in [0.25, 0.3) is 0 Å². The molecule has 1 aromatic carbocycles. The van der Waals surface area contributed by atoms with E-state index in [1.165, 1.54) is 6.42 Å². The first-order chi connectivity index (χ1) is 18.3. The largest absolute Gasteiger partial charge is 0.508 e. The molecule has 0 bridgehead atoms. The number of amides is 3. The molecular formula is C30H51N3O5S. The van der Waals surface area contributed by atoms with E-state index in [4.69, 9.17) is 4.74 Å². The molecule has 0 aliphatic carbocycles. The standard InChI is InChI=1S/C30H51N3O5S/c1-9-10-11-12-13-14-18-33(28(36)24(17-19-39-8)32-29(37)38-30(5,6)7)26(27(35)31-21(2)3)23-15-16-25(34)22(4)20-23/h15-16,20-21,24,26,34H,9-14,17-19H2,1-8H3,(H,31,35)(H,32,37). The first-order valence-corrected chi connectivity index (χ1v) is 15.6. The van der Waals surface area contributed by atoms with Gasteiger partial charge in [-0.05, 0) is 89.7 Å². The van der Waals surface area contributed by atoms with Crippen LogP contribution in [0.25, 0.3) is 0 Å². The second-order valence-electron chi connectivity index (χ2n) is 11.4. The first-order valence-electron chi connectivity index (χ1n) is 14.2. The van der Waals surface area contributed by atoms with Gasteiger partial charge in [0.15, 0.2) is 0 Å². The maximum Gasteiger partial charge on any atom is 0.408 e. The van der Waals surface area contributed by atoms with Crippen molar-refractivity contribution < 1.29 is 24.2 Å². The number of thioether (sulfide) groups is 1. The van der Waals surface area contributed by atoms with Crippen molar-refractivity contribution in [2.75, 3.05) is 18.6 Å². The van der Waals surface area contributed by atoms with Gasteiger partial charge in [0.05, 0.1) is 0 Å². The van der Waals surface area contributed by atoms with Gasteiger partial charge in [-0.25, -0.2) is 4.79 Å². The zero-order valence-electron chi connectivity index (χ0n) is 25.3. The number of unbranched alkanes of at least 4 members (excludes halogenated alkanes) is 5. The quantitative estimate of drug-likeness (QED) is 0.209. The molecule has 0 radical (unpaired) electrons. The smallest absolute Gasteiger partial charge is 0.408 e. The molecule has 0 spiro atoms. The summed E-state index contributed by atoms with van der Waals surface area (Å²) in [6, 6.07) is 3.10. The predicted octanol–water partition coefficient (Wildman–Crippen LogP) is 6.10. The van der Waals surface area contributed by atoms with E-state index in [9.17, 15) is 19.5 Å². The Morgan fingerprint density at radius 3 is 2.26 bits per heavy atom. The average Bonchev–Trinajstić information content (AvgIpc) is 2.83. The lowest BCUT2D eigenvalue weighted by Crippen LogP contribution is -2.54. The molecule has 2 unspecified atom stereocenters. The van der Waals surface area contributed by atoms with E-state index in [0.717, 1.165) is 32.1 Å². The number of carbonyl (C=O) groups is 3. The van der Waals surface area contributed by atoms with Crippen molar-refractivity contribution in [2.24, 2.45) is 0 Å². The Kier molecular flexibility index (Phi) is 15.4. The minimum Gasteiger partial charge on any atom is -0.508 e. The summed E-state index contributed by atoms with van der Waals surface area (Å²) in [4.78, 5) is 42.1. The summed E-state index contributed by atoms with van der Waals surface area (Å²) in [6.07, 6.45) is 7.87. The number of phenolic OH excluding ortho intramolecular Hbond substituents is 1. The molecule has 0 aromatic heterocycles. The Hall–Kier alpha value is -2.42. The molecule has 0 heterocycles.